The molecule has 0 unspecified atom stereocenters. The molecule has 1 saturated heterocycles. The van der Waals surface area contributed by atoms with Gasteiger partial charge in [0.15, 0.2) is 6.29 Å². The molecule has 0 N–H and O–H groups in total. The van der Waals surface area contributed by atoms with Crippen LogP contribution in [-0.2, 0) is 9.47 Å². The zero-order chi connectivity index (χ0) is 17.7. The molecule has 0 amide bonds. The van der Waals surface area contributed by atoms with Crippen molar-refractivity contribution in [2.75, 3.05) is 19.4 Å². The summed E-state index contributed by atoms with van der Waals surface area (Å²) in [6, 6.07) is 32.9. The fourth-order valence-corrected chi connectivity index (χ4v) is 8.07. The smallest absolute Gasteiger partial charge is 0.161 e. The van der Waals surface area contributed by atoms with Crippen molar-refractivity contribution in [3.05, 3.63) is 91.0 Å². The lowest BCUT2D eigenvalue weighted by Crippen LogP contribution is -3.00. The van der Waals surface area contributed by atoms with E-state index in [0.717, 1.165) is 12.6 Å². The molecule has 0 bridgehead atoms. The van der Waals surface area contributed by atoms with E-state index in [1.54, 1.807) is 0 Å². The summed E-state index contributed by atoms with van der Waals surface area (Å²) < 4.78 is 11.5. The number of benzene rings is 3. The molecule has 4 rings (SSSR count). The van der Waals surface area contributed by atoms with Crippen molar-refractivity contribution in [1.82, 2.24) is 0 Å². The second kappa shape index (κ2) is 9.48. The Morgan fingerprint density at radius 1 is 0.630 bits per heavy atom. The summed E-state index contributed by atoms with van der Waals surface area (Å²) >= 11 is 0. The molecule has 0 spiro atoms. The van der Waals surface area contributed by atoms with Crippen LogP contribution >= 0.6 is 7.26 Å². The van der Waals surface area contributed by atoms with E-state index in [-0.39, 0.29) is 18.7 Å². The topological polar surface area (TPSA) is 18.5 Å². The second-order valence-electron chi connectivity index (χ2n) is 6.50. The van der Waals surface area contributed by atoms with Gasteiger partial charge in [0.1, 0.15) is 23.2 Å². The molecule has 3 aromatic rings. The lowest BCUT2D eigenvalue weighted by molar-refractivity contribution is -0.0423. The Labute approximate surface area is 168 Å². The molecule has 0 radical (unpaired) electrons. The van der Waals surface area contributed by atoms with Gasteiger partial charge in [0.25, 0.3) is 0 Å². The largest absolute Gasteiger partial charge is 1.00 e. The lowest BCUT2D eigenvalue weighted by Gasteiger charge is -2.28. The van der Waals surface area contributed by atoms with Crippen molar-refractivity contribution in [2.24, 2.45) is 0 Å². The molecular formula is C23H24ClO2P. The van der Waals surface area contributed by atoms with Gasteiger partial charge < -0.3 is 21.9 Å². The van der Waals surface area contributed by atoms with Gasteiger partial charge in [-0.1, -0.05) is 54.6 Å². The van der Waals surface area contributed by atoms with Crippen molar-refractivity contribution in [3.8, 4) is 0 Å². The number of halogens is 1. The van der Waals surface area contributed by atoms with Crippen LogP contribution in [0.3, 0.4) is 0 Å². The Kier molecular flexibility index (Phi) is 7.04. The van der Waals surface area contributed by atoms with Gasteiger partial charge in [-0.05, 0) is 36.4 Å². The Bertz CT molecular complexity index is 709. The van der Waals surface area contributed by atoms with Crippen LogP contribution in [0.25, 0.3) is 0 Å². The lowest BCUT2D eigenvalue weighted by atomic mass is 10.3. The average Bonchev–Trinajstić information content (AvgIpc) is 3.25. The maximum Gasteiger partial charge on any atom is 0.161 e. The molecule has 1 aliphatic heterocycles. The highest BCUT2D eigenvalue weighted by atomic mass is 35.5. The van der Waals surface area contributed by atoms with Crippen molar-refractivity contribution < 1.29 is 21.9 Å². The maximum atomic E-state index is 5.75. The van der Waals surface area contributed by atoms with Crippen molar-refractivity contribution in [1.29, 1.82) is 0 Å². The minimum atomic E-state index is -1.77. The first-order valence-corrected chi connectivity index (χ1v) is 11.2. The quantitative estimate of drug-likeness (QED) is 0.570. The van der Waals surface area contributed by atoms with E-state index in [4.69, 9.17) is 9.47 Å². The molecular weight excluding hydrogens is 375 g/mol. The Morgan fingerprint density at radius 3 is 1.37 bits per heavy atom. The van der Waals surface area contributed by atoms with E-state index < -0.39 is 7.26 Å². The van der Waals surface area contributed by atoms with Gasteiger partial charge in [-0.3, -0.25) is 0 Å². The first-order valence-electron chi connectivity index (χ1n) is 9.18. The van der Waals surface area contributed by atoms with Crippen molar-refractivity contribution in [2.45, 2.75) is 12.7 Å². The van der Waals surface area contributed by atoms with E-state index in [2.05, 4.69) is 91.0 Å². The van der Waals surface area contributed by atoms with E-state index >= 15 is 0 Å². The molecule has 0 aromatic heterocycles. The Morgan fingerprint density at radius 2 is 1.00 bits per heavy atom. The van der Waals surface area contributed by atoms with Crippen LogP contribution < -0.4 is 28.3 Å². The fourth-order valence-electron chi connectivity index (χ4n) is 3.75. The molecule has 27 heavy (non-hydrogen) atoms. The minimum Gasteiger partial charge on any atom is -1.00 e. The van der Waals surface area contributed by atoms with E-state index in [1.807, 2.05) is 0 Å². The van der Waals surface area contributed by atoms with Crippen molar-refractivity contribution >= 4 is 23.2 Å². The molecule has 0 aliphatic carbocycles. The van der Waals surface area contributed by atoms with Gasteiger partial charge in [0.2, 0.25) is 0 Å². The van der Waals surface area contributed by atoms with Gasteiger partial charge in [-0.15, -0.1) is 0 Å². The van der Waals surface area contributed by atoms with Crippen LogP contribution in [0.15, 0.2) is 91.0 Å². The third-order valence-electron chi connectivity index (χ3n) is 4.98. The van der Waals surface area contributed by atoms with E-state index in [1.165, 1.54) is 15.9 Å². The van der Waals surface area contributed by atoms with Gasteiger partial charge in [-0.25, -0.2) is 0 Å². The first kappa shape index (κ1) is 20.0. The van der Waals surface area contributed by atoms with E-state index in [0.29, 0.717) is 13.2 Å². The van der Waals surface area contributed by atoms with Crippen LogP contribution in [0.4, 0.5) is 0 Å². The van der Waals surface area contributed by atoms with Crippen LogP contribution in [0.5, 0.6) is 0 Å². The zero-order valence-electron chi connectivity index (χ0n) is 15.2. The SMILES string of the molecule is [Cl-].c1ccc([P+](CCC2OCCO2)(c2ccccc2)c2ccccc2)cc1. The normalized spacial score (nSPS) is 14.7. The second-order valence-corrected chi connectivity index (χ2v) is 10.1. The Hall–Kier alpha value is -1.70. The molecule has 0 atom stereocenters. The highest BCUT2D eigenvalue weighted by Gasteiger charge is 2.45. The summed E-state index contributed by atoms with van der Waals surface area (Å²) in [5.74, 6) is 0. The van der Waals surface area contributed by atoms with Crippen molar-refractivity contribution in [3.63, 3.8) is 0 Å². The molecule has 1 fully saturated rings. The van der Waals surface area contributed by atoms with Crippen LogP contribution in [0, 0.1) is 0 Å². The molecule has 2 nitrogen and oxygen atoms in total. The summed E-state index contributed by atoms with van der Waals surface area (Å²) in [4.78, 5) is 0. The highest BCUT2D eigenvalue weighted by molar-refractivity contribution is 7.95. The molecule has 140 valence electrons. The van der Waals surface area contributed by atoms with Crippen LogP contribution in [0.2, 0.25) is 0 Å². The monoisotopic (exact) mass is 398 g/mol. The Balaban J connectivity index is 0.00000210. The van der Waals surface area contributed by atoms with Crippen LogP contribution in [0.1, 0.15) is 6.42 Å². The van der Waals surface area contributed by atoms with E-state index in [9.17, 15) is 0 Å². The van der Waals surface area contributed by atoms with Gasteiger partial charge in [0.05, 0.1) is 19.4 Å². The third kappa shape index (κ3) is 4.25. The molecule has 3 aromatic carbocycles. The summed E-state index contributed by atoms with van der Waals surface area (Å²) in [6.07, 6.45) is 1.87. The number of hydrogen-bond donors (Lipinski definition) is 0. The summed E-state index contributed by atoms with van der Waals surface area (Å²) in [6.45, 7) is 1.41. The third-order valence-corrected chi connectivity index (χ3v) is 9.45. The summed E-state index contributed by atoms with van der Waals surface area (Å²) in [7, 11) is -1.77. The maximum absolute atomic E-state index is 5.75. The summed E-state index contributed by atoms with van der Waals surface area (Å²) in [5, 5.41) is 4.24. The van der Waals surface area contributed by atoms with Gasteiger partial charge >= 0.3 is 0 Å². The first-order chi connectivity index (χ1) is 12.9. The summed E-state index contributed by atoms with van der Waals surface area (Å²) in [5.41, 5.74) is 0. The molecule has 1 heterocycles. The number of rotatable bonds is 6. The zero-order valence-corrected chi connectivity index (χ0v) is 16.9. The predicted octanol–water partition coefficient (Wildman–Crippen LogP) is 0.748. The fraction of sp³-hybridized carbons (Fsp3) is 0.217. The molecule has 1 aliphatic rings. The number of ether oxygens (including phenoxy) is 2. The van der Waals surface area contributed by atoms with Gasteiger partial charge in [-0.2, -0.15) is 0 Å². The molecule has 0 saturated carbocycles. The minimum absolute atomic E-state index is 0. The van der Waals surface area contributed by atoms with Gasteiger partial charge in [0, 0.05) is 6.42 Å². The highest BCUT2D eigenvalue weighted by Crippen LogP contribution is 2.56. The average molecular weight is 399 g/mol. The predicted molar refractivity (Wildman–Crippen MR) is 110 cm³/mol. The van der Waals surface area contributed by atoms with Crippen LogP contribution in [-0.4, -0.2) is 25.7 Å². The standard InChI is InChI=1S/C23H24O2P.ClH/c1-4-10-20(11-5-1)26(21-12-6-2-7-13-21,22-14-8-3-9-15-22)19-16-23-24-17-18-25-23;/h1-15,23H,16-19H2;1H/q+1;/p-1. The number of hydrogen-bond acceptors (Lipinski definition) is 2. The molecule has 4 heteroatoms.